The third kappa shape index (κ3) is 2.59. The lowest BCUT2D eigenvalue weighted by molar-refractivity contribution is 0.214. The van der Waals surface area contributed by atoms with E-state index in [0.29, 0.717) is 5.69 Å². The molecule has 0 aliphatic heterocycles. The van der Waals surface area contributed by atoms with Crippen LogP contribution in [0.1, 0.15) is 41.8 Å². The van der Waals surface area contributed by atoms with Gasteiger partial charge in [-0.05, 0) is 31.4 Å². The van der Waals surface area contributed by atoms with Gasteiger partial charge < -0.3 is 5.11 Å². The maximum absolute atomic E-state index is 10.3. The van der Waals surface area contributed by atoms with Crippen molar-refractivity contribution >= 4 is 0 Å². The summed E-state index contributed by atoms with van der Waals surface area (Å²) in [5.41, 5.74) is 3.61. The normalized spacial score (nSPS) is 12.7. The molecule has 2 aromatic heterocycles. The number of hydrogen-bond acceptors (Lipinski definition) is 3. The summed E-state index contributed by atoms with van der Waals surface area (Å²) in [4.78, 5) is 4.32. The molecule has 96 valence electrons. The predicted molar refractivity (Wildman–Crippen MR) is 70.3 cm³/mol. The van der Waals surface area contributed by atoms with E-state index in [1.54, 1.807) is 12.4 Å². The van der Waals surface area contributed by atoms with E-state index >= 15 is 0 Å². The van der Waals surface area contributed by atoms with Gasteiger partial charge in [0.25, 0.3) is 0 Å². The minimum atomic E-state index is -0.698. The number of pyridine rings is 1. The first-order chi connectivity index (χ1) is 8.61. The van der Waals surface area contributed by atoms with Gasteiger partial charge in [0.2, 0.25) is 0 Å². The summed E-state index contributed by atoms with van der Waals surface area (Å²) in [6, 6.07) is 2.03. The van der Waals surface area contributed by atoms with Gasteiger partial charge in [-0.25, -0.2) is 0 Å². The Kier molecular flexibility index (Phi) is 3.77. The Bertz CT molecular complexity index is 534. The molecule has 1 unspecified atom stereocenters. The number of aliphatic hydroxyl groups is 1. The molecule has 4 heteroatoms. The Morgan fingerprint density at radius 2 is 2.11 bits per heavy atom. The SMILES string of the molecule is CCCn1cc(C(O)c2ncc(C)cc2C)cn1. The summed E-state index contributed by atoms with van der Waals surface area (Å²) in [6.07, 6.45) is 5.70. The number of aryl methyl sites for hydroxylation is 3. The Morgan fingerprint density at radius 3 is 2.78 bits per heavy atom. The minimum absolute atomic E-state index is 0.698. The van der Waals surface area contributed by atoms with Crippen molar-refractivity contribution in [3.05, 3.63) is 47.0 Å². The van der Waals surface area contributed by atoms with Crippen LogP contribution in [0, 0.1) is 13.8 Å². The maximum Gasteiger partial charge on any atom is 0.124 e. The van der Waals surface area contributed by atoms with E-state index in [2.05, 4.69) is 17.0 Å². The van der Waals surface area contributed by atoms with Crippen LogP contribution < -0.4 is 0 Å². The maximum atomic E-state index is 10.3. The Labute approximate surface area is 107 Å². The number of hydrogen-bond donors (Lipinski definition) is 1. The van der Waals surface area contributed by atoms with Gasteiger partial charge in [0, 0.05) is 24.5 Å². The molecule has 2 heterocycles. The summed E-state index contributed by atoms with van der Waals surface area (Å²) in [5.74, 6) is 0. The van der Waals surface area contributed by atoms with Crippen molar-refractivity contribution in [2.24, 2.45) is 0 Å². The molecular formula is C14H19N3O. The van der Waals surface area contributed by atoms with Crippen molar-refractivity contribution in [2.45, 2.75) is 39.8 Å². The molecular weight excluding hydrogens is 226 g/mol. The van der Waals surface area contributed by atoms with E-state index < -0.39 is 6.10 Å². The number of nitrogens with zero attached hydrogens (tertiary/aromatic N) is 3. The fourth-order valence-electron chi connectivity index (χ4n) is 2.04. The molecule has 0 aliphatic rings. The molecule has 0 amide bonds. The quantitative estimate of drug-likeness (QED) is 0.899. The first kappa shape index (κ1) is 12.8. The van der Waals surface area contributed by atoms with Crippen molar-refractivity contribution in [3.63, 3.8) is 0 Å². The lowest BCUT2D eigenvalue weighted by Crippen LogP contribution is -2.04. The largest absolute Gasteiger partial charge is 0.382 e. The highest BCUT2D eigenvalue weighted by atomic mass is 16.3. The van der Waals surface area contributed by atoms with Gasteiger partial charge in [-0.1, -0.05) is 13.0 Å². The van der Waals surface area contributed by atoms with Crippen LogP contribution in [0.3, 0.4) is 0 Å². The fraction of sp³-hybridized carbons (Fsp3) is 0.429. The van der Waals surface area contributed by atoms with Crippen LogP contribution in [0.4, 0.5) is 0 Å². The Hall–Kier alpha value is -1.68. The molecule has 0 saturated carbocycles. The van der Waals surface area contributed by atoms with E-state index in [-0.39, 0.29) is 0 Å². The third-order valence-electron chi connectivity index (χ3n) is 2.94. The van der Waals surface area contributed by atoms with Gasteiger partial charge >= 0.3 is 0 Å². The van der Waals surface area contributed by atoms with Crippen LogP contribution in [-0.2, 0) is 6.54 Å². The molecule has 4 nitrogen and oxygen atoms in total. The third-order valence-corrected chi connectivity index (χ3v) is 2.94. The average Bonchev–Trinajstić information content (AvgIpc) is 2.77. The average molecular weight is 245 g/mol. The second-order valence-corrected chi connectivity index (χ2v) is 4.65. The van der Waals surface area contributed by atoms with Gasteiger partial charge in [0.15, 0.2) is 0 Å². The number of aromatic nitrogens is 3. The van der Waals surface area contributed by atoms with Crippen molar-refractivity contribution in [1.29, 1.82) is 0 Å². The highest BCUT2D eigenvalue weighted by molar-refractivity contribution is 5.30. The molecule has 2 aromatic rings. The molecule has 0 saturated heterocycles. The second kappa shape index (κ2) is 5.31. The molecule has 0 fully saturated rings. The summed E-state index contributed by atoms with van der Waals surface area (Å²) in [6.45, 7) is 6.93. The zero-order valence-corrected chi connectivity index (χ0v) is 11.1. The molecule has 0 spiro atoms. The van der Waals surface area contributed by atoms with Crippen LogP contribution in [0.5, 0.6) is 0 Å². The van der Waals surface area contributed by atoms with Gasteiger partial charge in [-0.15, -0.1) is 0 Å². The highest BCUT2D eigenvalue weighted by Gasteiger charge is 2.16. The molecule has 18 heavy (non-hydrogen) atoms. The van der Waals surface area contributed by atoms with Crippen molar-refractivity contribution in [3.8, 4) is 0 Å². The predicted octanol–water partition coefficient (Wildman–Crippen LogP) is 2.39. The van der Waals surface area contributed by atoms with Gasteiger partial charge in [-0.2, -0.15) is 5.10 Å². The number of aliphatic hydroxyl groups excluding tert-OH is 1. The van der Waals surface area contributed by atoms with Crippen LogP contribution in [0.15, 0.2) is 24.7 Å². The molecule has 0 bridgehead atoms. The van der Waals surface area contributed by atoms with Crippen molar-refractivity contribution in [2.75, 3.05) is 0 Å². The zero-order chi connectivity index (χ0) is 13.1. The van der Waals surface area contributed by atoms with Crippen molar-refractivity contribution < 1.29 is 5.11 Å². The molecule has 1 atom stereocenters. The lowest BCUT2D eigenvalue weighted by Gasteiger charge is -2.11. The first-order valence-electron chi connectivity index (χ1n) is 6.25. The van der Waals surface area contributed by atoms with E-state index in [1.807, 2.05) is 30.8 Å². The smallest absolute Gasteiger partial charge is 0.124 e. The van der Waals surface area contributed by atoms with E-state index in [4.69, 9.17) is 0 Å². The second-order valence-electron chi connectivity index (χ2n) is 4.65. The van der Waals surface area contributed by atoms with Gasteiger partial charge in [0.05, 0.1) is 11.9 Å². The monoisotopic (exact) mass is 245 g/mol. The summed E-state index contributed by atoms with van der Waals surface area (Å²) < 4.78 is 1.85. The van der Waals surface area contributed by atoms with Crippen LogP contribution in [-0.4, -0.2) is 19.9 Å². The van der Waals surface area contributed by atoms with Crippen LogP contribution in [0.2, 0.25) is 0 Å². The van der Waals surface area contributed by atoms with Crippen LogP contribution >= 0.6 is 0 Å². The van der Waals surface area contributed by atoms with Gasteiger partial charge in [-0.3, -0.25) is 9.67 Å². The first-order valence-corrected chi connectivity index (χ1v) is 6.25. The molecule has 1 N–H and O–H groups in total. The van der Waals surface area contributed by atoms with E-state index in [9.17, 15) is 5.11 Å². The summed E-state index contributed by atoms with van der Waals surface area (Å²) in [7, 11) is 0. The van der Waals surface area contributed by atoms with Gasteiger partial charge in [0.1, 0.15) is 6.10 Å². The molecule has 0 aliphatic carbocycles. The van der Waals surface area contributed by atoms with Crippen molar-refractivity contribution in [1.82, 2.24) is 14.8 Å². The lowest BCUT2D eigenvalue weighted by atomic mass is 10.0. The standard InChI is InChI=1S/C14H19N3O/c1-4-5-17-9-12(8-16-17)14(18)13-11(3)6-10(2)7-15-13/h6-9,14,18H,4-5H2,1-3H3. The Balaban J connectivity index is 2.26. The fourth-order valence-corrected chi connectivity index (χ4v) is 2.04. The number of rotatable bonds is 4. The van der Waals surface area contributed by atoms with E-state index in [0.717, 1.165) is 29.7 Å². The Morgan fingerprint density at radius 1 is 1.33 bits per heavy atom. The zero-order valence-electron chi connectivity index (χ0n) is 11.1. The topological polar surface area (TPSA) is 50.9 Å². The molecule has 0 aromatic carbocycles. The highest BCUT2D eigenvalue weighted by Crippen LogP contribution is 2.22. The summed E-state index contributed by atoms with van der Waals surface area (Å²) in [5, 5.41) is 14.6. The summed E-state index contributed by atoms with van der Waals surface area (Å²) >= 11 is 0. The molecule has 2 rings (SSSR count). The van der Waals surface area contributed by atoms with Crippen LogP contribution in [0.25, 0.3) is 0 Å². The minimum Gasteiger partial charge on any atom is -0.382 e. The molecule has 0 radical (unpaired) electrons. The van der Waals surface area contributed by atoms with E-state index in [1.165, 1.54) is 0 Å².